The Morgan fingerprint density at radius 3 is 1.65 bits per heavy atom. The topological polar surface area (TPSA) is 9.72 Å². The molecule has 3 heterocycles. The molecule has 68 heavy (non-hydrogen) atoms. The summed E-state index contributed by atoms with van der Waals surface area (Å²) in [6, 6.07) is 69.5. The van der Waals surface area contributed by atoms with Crippen molar-refractivity contribution in [2.45, 2.75) is 103 Å². The first-order valence-corrected chi connectivity index (χ1v) is 25.0. The van der Waals surface area contributed by atoms with Crippen LogP contribution in [-0.2, 0) is 16.2 Å². The summed E-state index contributed by atoms with van der Waals surface area (Å²) in [6.07, 6.45) is 4.82. The van der Waals surface area contributed by atoms with Crippen LogP contribution in [0.4, 0.5) is 45.5 Å². The molecule has 3 aliphatic heterocycles. The predicted octanol–water partition coefficient (Wildman–Crippen LogP) is 15.4. The van der Waals surface area contributed by atoms with Crippen LogP contribution in [0.5, 0.6) is 0 Å². The second kappa shape index (κ2) is 15.4. The summed E-state index contributed by atoms with van der Waals surface area (Å²) in [6.45, 7) is 19.1. The first kappa shape index (κ1) is 42.6. The Balaban J connectivity index is 1.19. The Labute approximate surface area is 405 Å². The second-order valence-corrected chi connectivity index (χ2v) is 22.5. The highest BCUT2D eigenvalue weighted by molar-refractivity contribution is 7.00. The van der Waals surface area contributed by atoms with Gasteiger partial charge in [-0.2, -0.15) is 0 Å². The van der Waals surface area contributed by atoms with Gasteiger partial charge in [-0.25, -0.2) is 0 Å². The zero-order chi connectivity index (χ0) is 46.7. The van der Waals surface area contributed by atoms with Crippen molar-refractivity contribution in [2.24, 2.45) is 0 Å². The van der Waals surface area contributed by atoms with Gasteiger partial charge in [0.1, 0.15) is 0 Å². The number of rotatable bonds is 6. The van der Waals surface area contributed by atoms with E-state index < -0.39 is 0 Å². The molecule has 1 fully saturated rings. The van der Waals surface area contributed by atoms with Crippen molar-refractivity contribution in [3.63, 3.8) is 0 Å². The van der Waals surface area contributed by atoms with E-state index in [2.05, 4.69) is 252 Å². The average Bonchev–Trinajstić information content (AvgIpc) is 3.56. The Morgan fingerprint density at radius 1 is 0.471 bits per heavy atom. The van der Waals surface area contributed by atoms with E-state index in [1.54, 1.807) is 0 Å². The summed E-state index contributed by atoms with van der Waals surface area (Å²) in [5, 5.41) is 0. The molecule has 1 aliphatic carbocycles. The molecule has 0 saturated heterocycles. The van der Waals surface area contributed by atoms with Crippen molar-refractivity contribution in [1.82, 2.24) is 0 Å². The van der Waals surface area contributed by atoms with Crippen molar-refractivity contribution in [3.8, 4) is 22.3 Å². The molecule has 0 spiro atoms. The van der Waals surface area contributed by atoms with Crippen molar-refractivity contribution in [1.29, 1.82) is 0 Å². The maximum Gasteiger partial charge on any atom is 0.252 e. The number of fused-ring (bicyclic) bond motifs is 7. The zero-order valence-corrected chi connectivity index (χ0v) is 41.1. The van der Waals surface area contributed by atoms with Crippen molar-refractivity contribution < 1.29 is 0 Å². The first-order valence-electron chi connectivity index (χ1n) is 25.0. The quantitative estimate of drug-likeness (QED) is 0.154. The Kier molecular flexibility index (Phi) is 9.62. The minimum absolute atomic E-state index is 0.00192. The van der Waals surface area contributed by atoms with Gasteiger partial charge < -0.3 is 14.7 Å². The minimum atomic E-state index is -0.107. The van der Waals surface area contributed by atoms with Crippen molar-refractivity contribution in [2.75, 3.05) is 14.7 Å². The number of benzene rings is 8. The molecule has 2 unspecified atom stereocenters. The molecule has 4 aliphatic rings. The first-order chi connectivity index (χ1) is 32.7. The summed E-state index contributed by atoms with van der Waals surface area (Å²) in [4.78, 5) is 8.00. The fourth-order valence-corrected chi connectivity index (χ4v) is 12.6. The SMILES string of the molecule is CC(C)(C)c1ccc(N(c2ccc(C(C)(C)C)cc2)c2cc3c4c(c2)N2c5c(cccc5C5(C)CCCCC25C)B4c2ccc(-c4ccccc4)cc2N3c2cccc(-c3ccccc3)c2)cc1. The summed E-state index contributed by atoms with van der Waals surface area (Å²) in [7, 11) is 0. The molecule has 0 N–H and O–H groups in total. The molecule has 2 atom stereocenters. The highest BCUT2D eigenvalue weighted by Gasteiger charge is 2.61. The van der Waals surface area contributed by atoms with Crippen molar-refractivity contribution in [3.05, 3.63) is 199 Å². The minimum Gasteiger partial charge on any atom is -0.335 e. The predicted molar refractivity (Wildman–Crippen MR) is 292 cm³/mol. The van der Waals surface area contributed by atoms with Crippen molar-refractivity contribution >= 4 is 68.6 Å². The number of hydrogen-bond acceptors (Lipinski definition) is 3. The molecule has 0 amide bonds. The van der Waals surface area contributed by atoms with Gasteiger partial charge in [0.15, 0.2) is 0 Å². The highest BCUT2D eigenvalue weighted by Crippen LogP contribution is 2.62. The van der Waals surface area contributed by atoms with Crippen LogP contribution in [0.2, 0.25) is 0 Å². The number of nitrogens with zero attached hydrogens (tertiary/aromatic N) is 3. The number of para-hydroxylation sites is 1. The zero-order valence-electron chi connectivity index (χ0n) is 41.1. The molecule has 336 valence electrons. The van der Waals surface area contributed by atoms with Crippen LogP contribution in [0, 0.1) is 0 Å². The van der Waals surface area contributed by atoms with Crippen LogP contribution in [0.1, 0.15) is 97.8 Å². The molecule has 0 aromatic heterocycles. The number of anilines is 8. The van der Waals surface area contributed by atoms with Crippen LogP contribution in [0.15, 0.2) is 182 Å². The Hall–Kier alpha value is -6.78. The van der Waals surface area contributed by atoms with Gasteiger partial charge in [0.05, 0.1) is 11.2 Å². The molecule has 0 bridgehead atoms. The lowest BCUT2D eigenvalue weighted by molar-refractivity contribution is 0.195. The lowest BCUT2D eigenvalue weighted by Crippen LogP contribution is -2.64. The maximum absolute atomic E-state index is 2.86. The van der Waals surface area contributed by atoms with Gasteiger partial charge in [-0.1, -0.05) is 189 Å². The third-order valence-electron chi connectivity index (χ3n) is 16.5. The molecule has 1 saturated carbocycles. The molecule has 8 aromatic rings. The van der Waals surface area contributed by atoms with Crippen LogP contribution in [0.25, 0.3) is 22.3 Å². The fourth-order valence-electron chi connectivity index (χ4n) is 12.6. The van der Waals surface area contributed by atoms with E-state index >= 15 is 0 Å². The van der Waals surface area contributed by atoms with Gasteiger partial charge in [-0.3, -0.25) is 0 Å². The lowest BCUT2D eigenvalue weighted by atomic mass is 9.33. The van der Waals surface area contributed by atoms with Gasteiger partial charge >= 0.3 is 0 Å². The van der Waals surface area contributed by atoms with Crippen LogP contribution in [0.3, 0.4) is 0 Å². The molecule has 0 radical (unpaired) electrons. The number of hydrogen-bond donors (Lipinski definition) is 0. The molecule has 12 rings (SSSR count). The molecule has 3 nitrogen and oxygen atoms in total. The van der Waals surface area contributed by atoms with E-state index in [4.69, 9.17) is 0 Å². The standard InChI is InChI=1S/C64H62BN3/c1-61(2,3)47-28-32-49(33-29-47)66(50-34-30-48(31-35-50)62(4,5)6)52-41-57-59-58(42-52)68-60-53(63(7)37-15-16-38-64(63,68)8)25-18-26-55(60)65(59)54-36-27-46(44-21-13-10-14-22-44)40-56(54)67(57)51-24-17-23-45(39-51)43-19-11-9-12-20-43/h9-14,17-36,39-42H,15-16,37-38H2,1-8H3. The average molecular weight is 884 g/mol. The van der Waals surface area contributed by atoms with Gasteiger partial charge in [0.2, 0.25) is 0 Å². The van der Waals surface area contributed by atoms with Gasteiger partial charge in [-0.05, 0) is 141 Å². The lowest BCUT2D eigenvalue weighted by Gasteiger charge is -2.53. The molecular weight excluding hydrogens is 822 g/mol. The van der Waals surface area contributed by atoms with Gasteiger partial charge in [0, 0.05) is 45.2 Å². The largest absolute Gasteiger partial charge is 0.335 e. The second-order valence-electron chi connectivity index (χ2n) is 22.5. The summed E-state index contributed by atoms with van der Waals surface area (Å²) >= 11 is 0. The van der Waals surface area contributed by atoms with Crippen LogP contribution < -0.4 is 31.1 Å². The smallest absolute Gasteiger partial charge is 0.252 e. The summed E-state index contributed by atoms with van der Waals surface area (Å²) in [5.41, 5.74) is 23.0. The van der Waals surface area contributed by atoms with E-state index in [0.717, 1.165) is 29.2 Å². The van der Waals surface area contributed by atoms with Crippen LogP contribution >= 0.6 is 0 Å². The molecule has 4 heteroatoms. The van der Waals surface area contributed by atoms with E-state index in [9.17, 15) is 0 Å². The monoisotopic (exact) mass is 884 g/mol. The third kappa shape index (κ3) is 6.47. The Morgan fingerprint density at radius 2 is 1.03 bits per heavy atom. The van der Waals surface area contributed by atoms with Gasteiger partial charge in [0.25, 0.3) is 6.71 Å². The summed E-state index contributed by atoms with van der Waals surface area (Å²) < 4.78 is 0. The maximum atomic E-state index is 2.86. The fraction of sp³-hybridized carbons (Fsp3) is 0.250. The molecular formula is C64H62BN3. The Bertz CT molecular complexity index is 3180. The van der Waals surface area contributed by atoms with E-state index in [0.29, 0.717) is 0 Å². The third-order valence-corrected chi connectivity index (χ3v) is 16.5. The summed E-state index contributed by atoms with van der Waals surface area (Å²) in [5.74, 6) is 0. The molecule has 8 aromatic carbocycles. The van der Waals surface area contributed by atoms with Crippen LogP contribution in [-0.4, -0.2) is 12.3 Å². The highest BCUT2D eigenvalue weighted by atomic mass is 15.3. The van der Waals surface area contributed by atoms with E-state index in [-0.39, 0.29) is 28.5 Å². The van der Waals surface area contributed by atoms with E-state index in [1.807, 2.05) is 0 Å². The normalized spacial score (nSPS) is 19.0. The van der Waals surface area contributed by atoms with E-state index in [1.165, 1.54) is 97.3 Å². The van der Waals surface area contributed by atoms with Gasteiger partial charge in [-0.15, -0.1) is 0 Å².